The number of fused-ring (bicyclic) bond motifs is 2. The highest BCUT2D eigenvalue weighted by atomic mass is 35.5. The molecule has 9 heteroatoms. The lowest BCUT2D eigenvalue weighted by atomic mass is 10.2. The fourth-order valence-electron chi connectivity index (χ4n) is 2.47. The van der Waals surface area contributed by atoms with Crippen molar-refractivity contribution in [3.8, 4) is 11.5 Å². The van der Waals surface area contributed by atoms with Gasteiger partial charge in [-0.1, -0.05) is 52.5 Å². The average Bonchev–Trinajstić information content (AvgIpc) is 3.30. The van der Waals surface area contributed by atoms with Crippen LogP contribution in [0.1, 0.15) is 9.67 Å². The summed E-state index contributed by atoms with van der Waals surface area (Å²) in [5, 5.41) is 2.20. The van der Waals surface area contributed by atoms with E-state index >= 15 is 0 Å². The van der Waals surface area contributed by atoms with Gasteiger partial charge in [-0.15, -0.1) is 11.3 Å². The molecule has 0 aliphatic carbocycles. The molecule has 2 unspecified atom stereocenters. The van der Waals surface area contributed by atoms with E-state index in [9.17, 15) is 4.79 Å². The zero-order chi connectivity index (χ0) is 18.4. The Hall–Kier alpha value is -1.37. The fourth-order valence-corrected chi connectivity index (χ4v) is 4.02. The normalized spacial score (nSPS) is 20.7. The second-order valence-electron chi connectivity index (χ2n) is 5.34. The van der Waals surface area contributed by atoms with Crippen LogP contribution in [-0.2, 0) is 4.74 Å². The van der Waals surface area contributed by atoms with Crippen LogP contribution in [0.5, 0.6) is 11.5 Å². The Bertz CT molecular complexity index is 952. The van der Waals surface area contributed by atoms with Crippen molar-refractivity contribution in [2.24, 2.45) is 0 Å². The van der Waals surface area contributed by atoms with Gasteiger partial charge in [0.1, 0.15) is 15.8 Å². The molecule has 134 valence electrons. The Labute approximate surface area is 172 Å². The first-order valence-electron chi connectivity index (χ1n) is 7.29. The van der Waals surface area contributed by atoms with Crippen molar-refractivity contribution in [3.63, 3.8) is 0 Å². The van der Waals surface area contributed by atoms with Crippen molar-refractivity contribution < 1.29 is 19.0 Å². The number of rotatable bonds is 3. The van der Waals surface area contributed by atoms with E-state index in [1.165, 1.54) is 17.4 Å². The summed E-state index contributed by atoms with van der Waals surface area (Å²) in [6.45, 7) is 0. The van der Waals surface area contributed by atoms with Crippen molar-refractivity contribution in [3.05, 3.63) is 66.5 Å². The number of thiophene rings is 1. The number of halogens is 4. The zero-order valence-electron chi connectivity index (χ0n) is 12.7. The summed E-state index contributed by atoms with van der Waals surface area (Å²) >= 11 is 25.8. The number of carbonyl (C=O) groups excluding carboxylic acids is 1. The number of carbonyl (C=O) groups is 1. The Balaban J connectivity index is 1.56. The maximum atomic E-state index is 12.0. The quantitative estimate of drug-likeness (QED) is 0.243. The van der Waals surface area contributed by atoms with Gasteiger partial charge >= 0.3 is 0 Å². The third-order valence-corrected chi connectivity index (χ3v) is 6.33. The number of hydrogen-bond acceptors (Lipinski definition) is 5. The minimum absolute atomic E-state index is 0.0757. The maximum Gasteiger partial charge on any atom is 0.281 e. The van der Waals surface area contributed by atoms with E-state index in [4.69, 9.17) is 60.6 Å². The molecular formula is C17H8Cl4O4S. The predicted molar refractivity (Wildman–Crippen MR) is 102 cm³/mol. The van der Waals surface area contributed by atoms with Gasteiger partial charge in [0, 0.05) is 6.08 Å². The standard InChI is InChI=1S/C17H8Cl4O4S/c18-11-12(19)14(21)16-15(13(11)20)24-9-6-7(23-17(9)25-16)3-4-8(22)10-2-1-5-26-10/h1-6,9,17H/b4-3+. The van der Waals surface area contributed by atoms with Crippen LogP contribution in [0.15, 0.2) is 41.5 Å². The largest absolute Gasteiger partial charge is 0.473 e. The topological polar surface area (TPSA) is 44.8 Å². The van der Waals surface area contributed by atoms with Crippen molar-refractivity contribution in [2.45, 2.75) is 12.4 Å². The second-order valence-corrected chi connectivity index (χ2v) is 7.80. The number of hydrogen-bond donors (Lipinski definition) is 0. The second kappa shape index (κ2) is 6.98. The monoisotopic (exact) mass is 448 g/mol. The summed E-state index contributed by atoms with van der Waals surface area (Å²) < 4.78 is 17.2. The summed E-state index contributed by atoms with van der Waals surface area (Å²) in [7, 11) is 0. The lowest BCUT2D eigenvalue weighted by Gasteiger charge is -2.29. The minimum Gasteiger partial charge on any atom is -0.473 e. The first kappa shape index (κ1) is 18.0. The molecule has 4 nitrogen and oxygen atoms in total. The van der Waals surface area contributed by atoms with Gasteiger partial charge in [0.2, 0.25) is 0 Å². The zero-order valence-corrected chi connectivity index (χ0v) is 16.5. The SMILES string of the molecule is O=C(/C=C/C1=CC2Oc3c(Cl)c(Cl)c(Cl)c(Cl)c3OC2O1)c1cccs1. The molecule has 0 spiro atoms. The molecule has 2 aliphatic heterocycles. The lowest BCUT2D eigenvalue weighted by molar-refractivity contribution is -0.0897. The highest BCUT2D eigenvalue weighted by Crippen LogP contribution is 2.53. The number of benzene rings is 1. The first-order valence-corrected chi connectivity index (χ1v) is 9.68. The smallest absolute Gasteiger partial charge is 0.281 e. The number of allylic oxidation sites excluding steroid dienone is 2. The van der Waals surface area contributed by atoms with Crippen LogP contribution >= 0.6 is 57.7 Å². The summed E-state index contributed by atoms with van der Waals surface area (Å²) in [5.41, 5.74) is 0. The van der Waals surface area contributed by atoms with Crippen molar-refractivity contribution in [1.82, 2.24) is 0 Å². The Kier molecular flexibility index (Phi) is 4.84. The predicted octanol–water partition coefficient (Wildman–Crippen LogP) is 6.18. The Morgan fingerprint density at radius 1 is 1.00 bits per heavy atom. The van der Waals surface area contributed by atoms with Crippen molar-refractivity contribution >= 4 is 63.5 Å². The van der Waals surface area contributed by atoms with Crippen LogP contribution < -0.4 is 9.47 Å². The highest BCUT2D eigenvalue weighted by Gasteiger charge is 2.40. The van der Waals surface area contributed by atoms with E-state index in [0.29, 0.717) is 10.6 Å². The molecule has 0 saturated carbocycles. The molecule has 2 aromatic rings. The first-order chi connectivity index (χ1) is 12.5. The molecule has 1 aromatic carbocycles. The molecule has 1 aromatic heterocycles. The molecule has 4 rings (SSSR count). The molecule has 0 saturated heterocycles. The van der Waals surface area contributed by atoms with Gasteiger partial charge in [-0.05, 0) is 23.6 Å². The Morgan fingerprint density at radius 3 is 2.35 bits per heavy atom. The molecule has 3 heterocycles. The minimum atomic E-state index is -0.773. The van der Waals surface area contributed by atoms with Crippen molar-refractivity contribution in [2.75, 3.05) is 0 Å². The van der Waals surface area contributed by atoms with Gasteiger partial charge in [0.25, 0.3) is 6.29 Å². The molecule has 2 aliphatic rings. The fraction of sp³-hybridized carbons (Fsp3) is 0.118. The summed E-state index contributed by atoms with van der Waals surface area (Å²) in [4.78, 5) is 12.7. The van der Waals surface area contributed by atoms with Crippen LogP contribution in [0.3, 0.4) is 0 Å². The molecule has 0 fully saturated rings. The van der Waals surface area contributed by atoms with Gasteiger partial charge in [-0.3, -0.25) is 4.79 Å². The number of ether oxygens (including phenoxy) is 3. The summed E-state index contributed by atoms with van der Waals surface area (Å²) in [6, 6.07) is 3.57. The summed E-state index contributed by atoms with van der Waals surface area (Å²) in [5.74, 6) is 0.684. The van der Waals surface area contributed by atoms with Crippen LogP contribution in [0.2, 0.25) is 20.1 Å². The maximum absolute atomic E-state index is 12.0. The van der Waals surface area contributed by atoms with Crippen LogP contribution in [0.4, 0.5) is 0 Å². The highest BCUT2D eigenvalue weighted by molar-refractivity contribution is 7.12. The van der Waals surface area contributed by atoms with Gasteiger partial charge in [-0.2, -0.15) is 0 Å². The van der Waals surface area contributed by atoms with Crippen LogP contribution in [0.25, 0.3) is 0 Å². The van der Waals surface area contributed by atoms with E-state index in [0.717, 1.165) is 0 Å². The summed E-state index contributed by atoms with van der Waals surface area (Å²) in [6.07, 6.45) is 3.32. The van der Waals surface area contributed by atoms with E-state index in [2.05, 4.69) is 0 Å². The van der Waals surface area contributed by atoms with E-state index in [-0.39, 0.29) is 37.4 Å². The van der Waals surface area contributed by atoms with Crippen LogP contribution in [-0.4, -0.2) is 18.2 Å². The molecule has 26 heavy (non-hydrogen) atoms. The molecule has 0 bridgehead atoms. The van der Waals surface area contributed by atoms with Crippen molar-refractivity contribution in [1.29, 1.82) is 0 Å². The van der Waals surface area contributed by atoms with E-state index < -0.39 is 12.4 Å². The van der Waals surface area contributed by atoms with E-state index in [1.807, 2.05) is 11.4 Å². The molecule has 0 amide bonds. The average molecular weight is 450 g/mol. The molecular weight excluding hydrogens is 442 g/mol. The van der Waals surface area contributed by atoms with E-state index in [1.54, 1.807) is 18.2 Å². The molecule has 0 radical (unpaired) electrons. The lowest BCUT2D eigenvalue weighted by Crippen LogP contribution is -2.36. The van der Waals surface area contributed by atoms with Gasteiger partial charge in [0.05, 0.1) is 14.9 Å². The number of ketones is 1. The van der Waals surface area contributed by atoms with Crippen LogP contribution in [0, 0.1) is 0 Å². The molecule has 0 N–H and O–H groups in total. The third-order valence-electron chi connectivity index (χ3n) is 3.68. The van der Waals surface area contributed by atoms with Gasteiger partial charge in [0.15, 0.2) is 23.4 Å². The third kappa shape index (κ3) is 3.08. The van der Waals surface area contributed by atoms with Gasteiger partial charge < -0.3 is 14.2 Å². The molecule has 2 atom stereocenters. The Morgan fingerprint density at radius 2 is 1.69 bits per heavy atom. The van der Waals surface area contributed by atoms with Gasteiger partial charge in [-0.25, -0.2) is 0 Å².